The molecule has 1 atom stereocenters. The molecule has 2 N–H and O–H groups in total. The number of piperidine rings is 1. The molecule has 1 aliphatic rings. The minimum atomic E-state index is -0.171. The highest BCUT2D eigenvalue weighted by Crippen LogP contribution is 2.29. The normalized spacial score (nSPS) is 19.1. The van der Waals surface area contributed by atoms with Gasteiger partial charge in [-0.05, 0) is 57.5 Å². The Morgan fingerprint density at radius 1 is 1.40 bits per heavy atom. The number of nitrogens with zero attached hydrogens (tertiary/aromatic N) is 2. The van der Waals surface area contributed by atoms with E-state index in [4.69, 9.17) is 5.73 Å². The number of hydrogen-bond donors (Lipinski definition) is 1. The molecule has 1 fully saturated rings. The van der Waals surface area contributed by atoms with Gasteiger partial charge in [0.25, 0.3) is 0 Å². The highest BCUT2D eigenvalue weighted by molar-refractivity contribution is 5.55. The molecule has 0 aliphatic carbocycles. The van der Waals surface area contributed by atoms with Crippen LogP contribution in [-0.4, -0.2) is 38.6 Å². The van der Waals surface area contributed by atoms with Crippen LogP contribution in [0.5, 0.6) is 0 Å². The summed E-state index contributed by atoms with van der Waals surface area (Å²) in [6.45, 7) is 5.07. The van der Waals surface area contributed by atoms with E-state index in [1.807, 2.05) is 24.9 Å². The first-order chi connectivity index (χ1) is 9.49. The third kappa shape index (κ3) is 3.49. The number of halogens is 1. The van der Waals surface area contributed by atoms with Crippen LogP contribution in [0.2, 0.25) is 0 Å². The van der Waals surface area contributed by atoms with Crippen LogP contribution in [0.15, 0.2) is 18.2 Å². The summed E-state index contributed by atoms with van der Waals surface area (Å²) >= 11 is 0. The van der Waals surface area contributed by atoms with E-state index >= 15 is 0 Å². The summed E-state index contributed by atoms with van der Waals surface area (Å²) in [4.78, 5) is 4.40. The van der Waals surface area contributed by atoms with Crippen LogP contribution in [0, 0.1) is 11.7 Å². The molecule has 1 saturated heterocycles. The molecule has 1 aliphatic heterocycles. The average Bonchev–Trinajstić information content (AvgIpc) is 2.40. The fourth-order valence-electron chi connectivity index (χ4n) is 3.03. The number of hydrogen-bond acceptors (Lipinski definition) is 3. The highest BCUT2D eigenvalue weighted by atomic mass is 19.1. The van der Waals surface area contributed by atoms with Crippen LogP contribution >= 0.6 is 0 Å². The van der Waals surface area contributed by atoms with Gasteiger partial charge in [0.1, 0.15) is 5.82 Å². The standard InChI is InChI=1S/C16H26FN3/c1-12(18)14-5-4-6-15(17)16(14)20(3)11-13-7-9-19(2)10-8-13/h4-6,12-13H,7-11,18H2,1-3H3/t12-/m1/s1. The number of benzene rings is 1. The van der Waals surface area contributed by atoms with Gasteiger partial charge in [-0.3, -0.25) is 0 Å². The number of nitrogens with two attached hydrogens (primary N) is 1. The molecular formula is C16H26FN3. The van der Waals surface area contributed by atoms with Crippen molar-refractivity contribution in [1.82, 2.24) is 4.90 Å². The summed E-state index contributed by atoms with van der Waals surface area (Å²) in [6.07, 6.45) is 2.37. The van der Waals surface area contributed by atoms with Gasteiger partial charge in [0, 0.05) is 19.6 Å². The Morgan fingerprint density at radius 3 is 2.65 bits per heavy atom. The zero-order chi connectivity index (χ0) is 14.7. The first-order valence-corrected chi connectivity index (χ1v) is 7.42. The first-order valence-electron chi connectivity index (χ1n) is 7.42. The Hall–Kier alpha value is -1.13. The van der Waals surface area contributed by atoms with E-state index in [2.05, 4.69) is 11.9 Å². The van der Waals surface area contributed by atoms with Crippen molar-refractivity contribution in [3.05, 3.63) is 29.6 Å². The number of rotatable bonds is 4. The highest BCUT2D eigenvalue weighted by Gasteiger charge is 2.21. The van der Waals surface area contributed by atoms with E-state index in [1.165, 1.54) is 18.9 Å². The lowest BCUT2D eigenvalue weighted by atomic mass is 9.96. The fraction of sp³-hybridized carbons (Fsp3) is 0.625. The second kappa shape index (κ2) is 6.55. The molecule has 2 rings (SSSR count). The fourth-order valence-corrected chi connectivity index (χ4v) is 3.03. The van der Waals surface area contributed by atoms with Crippen molar-refractivity contribution in [2.75, 3.05) is 38.6 Å². The van der Waals surface area contributed by atoms with Gasteiger partial charge in [-0.2, -0.15) is 0 Å². The van der Waals surface area contributed by atoms with E-state index < -0.39 is 0 Å². The van der Waals surface area contributed by atoms with Crippen LogP contribution in [0.1, 0.15) is 31.4 Å². The number of likely N-dealkylation sites (tertiary alicyclic amines) is 1. The molecule has 1 aromatic rings. The first kappa shape index (κ1) is 15.3. The molecule has 0 saturated carbocycles. The van der Waals surface area contributed by atoms with Gasteiger partial charge in [0.15, 0.2) is 0 Å². The molecule has 3 nitrogen and oxygen atoms in total. The third-order valence-corrected chi connectivity index (χ3v) is 4.26. The van der Waals surface area contributed by atoms with Gasteiger partial charge in [0.05, 0.1) is 5.69 Å². The zero-order valence-corrected chi connectivity index (χ0v) is 12.8. The SMILES string of the molecule is C[C@@H](N)c1cccc(F)c1N(C)CC1CCN(C)CC1. The predicted molar refractivity (Wildman–Crippen MR) is 82.5 cm³/mol. The summed E-state index contributed by atoms with van der Waals surface area (Å²) in [5.74, 6) is 0.465. The largest absolute Gasteiger partial charge is 0.372 e. The molecule has 0 amide bonds. The topological polar surface area (TPSA) is 32.5 Å². The van der Waals surface area contributed by atoms with Crippen LogP contribution < -0.4 is 10.6 Å². The molecular weight excluding hydrogens is 253 g/mol. The molecule has 112 valence electrons. The quantitative estimate of drug-likeness (QED) is 0.919. The smallest absolute Gasteiger partial charge is 0.146 e. The molecule has 0 bridgehead atoms. The van der Waals surface area contributed by atoms with Gasteiger partial charge < -0.3 is 15.5 Å². The molecule has 1 aromatic carbocycles. The van der Waals surface area contributed by atoms with Crippen LogP contribution in [-0.2, 0) is 0 Å². The monoisotopic (exact) mass is 279 g/mol. The number of para-hydroxylation sites is 1. The van der Waals surface area contributed by atoms with E-state index in [1.54, 1.807) is 6.07 Å². The van der Waals surface area contributed by atoms with Crippen molar-refractivity contribution >= 4 is 5.69 Å². The molecule has 0 radical (unpaired) electrons. The van der Waals surface area contributed by atoms with E-state index in [0.29, 0.717) is 11.6 Å². The minimum absolute atomic E-state index is 0.152. The minimum Gasteiger partial charge on any atom is -0.372 e. The van der Waals surface area contributed by atoms with Crippen molar-refractivity contribution in [1.29, 1.82) is 0 Å². The molecule has 0 unspecified atom stereocenters. The van der Waals surface area contributed by atoms with Crippen molar-refractivity contribution in [2.45, 2.75) is 25.8 Å². The lowest BCUT2D eigenvalue weighted by molar-refractivity contribution is 0.222. The summed E-state index contributed by atoms with van der Waals surface area (Å²) in [5.41, 5.74) is 7.53. The predicted octanol–water partition coefficient (Wildman–Crippen LogP) is 2.62. The van der Waals surface area contributed by atoms with Gasteiger partial charge >= 0.3 is 0 Å². The summed E-state index contributed by atoms with van der Waals surface area (Å²) in [5, 5.41) is 0. The van der Waals surface area contributed by atoms with Gasteiger partial charge in [0.2, 0.25) is 0 Å². The molecule has 20 heavy (non-hydrogen) atoms. The Balaban J connectivity index is 2.11. The van der Waals surface area contributed by atoms with Crippen molar-refractivity contribution in [3.63, 3.8) is 0 Å². The van der Waals surface area contributed by atoms with Crippen molar-refractivity contribution < 1.29 is 4.39 Å². The van der Waals surface area contributed by atoms with E-state index in [9.17, 15) is 4.39 Å². The number of anilines is 1. The van der Waals surface area contributed by atoms with Gasteiger partial charge in [-0.15, -0.1) is 0 Å². The zero-order valence-electron chi connectivity index (χ0n) is 12.8. The van der Waals surface area contributed by atoms with Crippen molar-refractivity contribution in [2.24, 2.45) is 11.7 Å². The summed E-state index contributed by atoms with van der Waals surface area (Å²) in [6, 6.07) is 5.03. The maximum absolute atomic E-state index is 14.2. The Morgan fingerprint density at radius 2 is 2.05 bits per heavy atom. The second-order valence-electron chi connectivity index (χ2n) is 6.09. The molecule has 0 spiro atoms. The maximum Gasteiger partial charge on any atom is 0.146 e. The second-order valence-corrected chi connectivity index (χ2v) is 6.09. The summed E-state index contributed by atoms with van der Waals surface area (Å²) < 4.78 is 14.2. The molecule has 1 heterocycles. The summed E-state index contributed by atoms with van der Waals surface area (Å²) in [7, 11) is 4.13. The maximum atomic E-state index is 14.2. The Bertz CT molecular complexity index is 439. The van der Waals surface area contributed by atoms with E-state index in [0.717, 1.165) is 25.2 Å². The molecule has 0 aromatic heterocycles. The lowest BCUT2D eigenvalue weighted by Crippen LogP contribution is -2.36. The lowest BCUT2D eigenvalue weighted by Gasteiger charge is -2.33. The Labute approximate surface area is 121 Å². The third-order valence-electron chi connectivity index (χ3n) is 4.26. The van der Waals surface area contributed by atoms with Gasteiger partial charge in [-0.25, -0.2) is 4.39 Å². The van der Waals surface area contributed by atoms with Crippen LogP contribution in [0.25, 0.3) is 0 Å². The average molecular weight is 279 g/mol. The van der Waals surface area contributed by atoms with Gasteiger partial charge in [-0.1, -0.05) is 12.1 Å². The van der Waals surface area contributed by atoms with Crippen LogP contribution in [0.4, 0.5) is 10.1 Å². The van der Waals surface area contributed by atoms with Crippen molar-refractivity contribution in [3.8, 4) is 0 Å². The molecule has 4 heteroatoms. The Kier molecular flexibility index (Phi) is 5.00. The van der Waals surface area contributed by atoms with Crippen LogP contribution in [0.3, 0.4) is 0 Å². The van der Waals surface area contributed by atoms with E-state index in [-0.39, 0.29) is 11.9 Å².